The van der Waals surface area contributed by atoms with Gasteiger partial charge in [-0.15, -0.1) is 6.58 Å². The molecule has 0 saturated heterocycles. The summed E-state index contributed by atoms with van der Waals surface area (Å²) in [6.07, 6.45) is 1.95. The maximum Gasteiger partial charge on any atom is 0.118 e. The van der Waals surface area contributed by atoms with Gasteiger partial charge >= 0.3 is 0 Å². The molecule has 120 valence electrons. The molecule has 0 aliphatic heterocycles. The summed E-state index contributed by atoms with van der Waals surface area (Å²) in [5.41, 5.74) is 1.45. The second-order valence-corrected chi connectivity index (χ2v) is 7.74. The molecule has 0 aliphatic rings. The SMILES string of the molecule is C=CCN(Cc1cc(CNC(C)(C)C)c(C)o1)C(C)(C)C. The first-order chi connectivity index (χ1) is 9.53. The lowest BCUT2D eigenvalue weighted by atomic mass is 10.1. The normalized spacial score (nSPS) is 13.0. The Labute approximate surface area is 130 Å². The topological polar surface area (TPSA) is 28.4 Å². The van der Waals surface area contributed by atoms with E-state index in [4.69, 9.17) is 4.42 Å². The minimum absolute atomic E-state index is 0.0959. The molecule has 1 aromatic heterocycles. The molecule has 0 radical (unpaired) electrons. The number of nitrogens with one attached hydrogen (secondary N) is 1. The predicted octanol–water partition coefficient (Wildman–Crippen LogP) is 4.26. The molecule has 21 heavy (non-hydrogen) atoms. The number of hydrogen-bond donors (Lipinski definition) is 1. The van der Waals surface area contributed by atoms with Crippen LogP contribution in [0.15, 0.2) is 23.1 Å². The van der Waals surface area contributed by atoms with E-state index < -0.39 is 0 Å². The first kappa shape index (κ1) is 18.0. The van der Waals surface area contributed by atoms with E-state index in [1.54, 1.807) is 0 Å². The second-order valence-electron chi connectivity index (χ2n) is 7.74. The minimum atomic E-state index is 0.0959. The lowest BCUT2D eigenvalue weighted by molar-refractivity contribution is 0.134. The highest BCUT2D eigenvalue weighted by atomic mass is 16.3. The Bertz CT molecular complexity index is 461. The summed E-state index contributed by atoms with van der Waals surface area (Å²) >= 11 is 0. The zero-order valence-electron chi connectivity index (χ0n) is 14.8. The molecule has 0 aromatic carbocycles. The van der Waals surface area contributed by atoms with Crippen molar-refractivity contribution in [3.63, 3.8) is 0 Å². The van der Waals surface area contributed by atoms with Crippen LogP contribution in [0.5, 0.6) is 0 Å². The monoisotopic (exact) mass is 292 g/mol. The van der Waals surface area contributed by atoms with Crippen molar-refractivity contribution in [2.75, 3.05) is 6.54 Å². The first-order valence-electron chi connectivity index (χ1n) is 7.72. The highest BCUT2D eigenvalue weighted by Crippen LogP contribution is 2.21. The van der Waals surface area contributed by atoms with Crippen LogP contribution in [0.4, 0.5) is 0 Å². The van der Waals surface area contributed by atoms with Crippen molar-refractivity contribution in [1.29, 1.82) is 0 Å². The molecule has 0 bridgehead atoms. The summed E-state index contributed by atoms with van der Waals surface area (Å²) in [6, 6.07) is 2.18. The Morgan fingerprint density at radius 3 is 2.33 bits per heavy atom. The Balaban J connectivity index is 2.78. The van der Waals surface area contributed by atoms with Crippen LogP contribution >= 0.6 is 0 Å². The summed E-state index contributed by atoms with van der Waals surface area (Å²) < 4.78 is 5.94. The molecule has 0 spiro atoms. The molecule has 0 aliphatic carbocycles. The van der Waals surface area contributed by atoms with E-state index in [0.29, 0.717) is 0 Å². The summed E-state index contributed by atoms with van der Waals surface area (Å²) in [5.74, 6) is 2.03. The van der Waals surface area contributed by atoms with E-state index in [1.807, 2.05) is 13.0 Å². The highest BCUT2D eigenvalue weighted by Gasteiger charge is 2.22. The molecule has 1 aromatic rings. The fourth-order valence-corrected chi connectivity index (χ4v) is 2.12. The van der Waals surface area contributed by atoms with Gasteiger partial charge in [0.15, 0.2) is 0 Å². The van der Waals surface area contributed by atoms with Crippen molar-refractivity contribution in [2.24, 2.45) is 0 Å². The third-order valence-electron chi connectivity index (χ3n) is 3.53. The van der Waals surface area contributed by atoms with Crippen LogP contribution in [0.3, 0.4) is 0 Å². The molecule has 1 rings (SSSR count). The van der Waals surface area contributed by atoms with Gasteiger partial charge in [-0.05, 0) is 54.5 Å². The lowest BCUT2D eigenvalue weighted by Gasteiger charge is -2.34. The van der Waals surface area contributed by atoms with Crippen LogP contribution < -0.4 is 5.32 Å². The Morgan fingerprint density at radius 2 is 1.86 bits per heavy atom. The van der Waals surface area contributed by atoms with Crippen molar-refractivity contribution in [2.45, 2.75) is 72.6 Å². The van der Waals surface area contributed by atoms with Gasteiger partial charge in [0.1, 0.15) is 11.5 Å². The van der Waals surface area contributed by atoms with Gasteiger partial charge in [-0.1, -0.05) is 6.08 Å². The summed E-state index contributed by atoms with van der Waals surface area (Å²) in [4.78, 5) is 2.36. The third-order valence-corrected chi connectivity index (χ3v) is 3.53. The molecule has 1 N–H and O–H groups in total. The molecule has 0 amide bonds. The molecule has 1 heterocycles. The van der Waals surface area contributed by atoms with Crippen LogP contribution in [0.1, 0.15) is 58.6 Å². The van der Waals surface area contributed by atoms with Crippen molar-refractivity contribution < 1.29 is 4.42 Å². The summed E-state index contributed by atoms with van der Waals surface area (Å²) in [7, 11) is 0. The quantitative estimate of drug-likeness (QED) is 0.794. The first-order valence-corrected chi connectivity index (χ1v) is 7.72. The van der Waals surface area contributed by atoms with Gasteiger partial charge in [0.25, 0.3) is 0 Å². The molecule has 3 nitrogen and oxygen atoms in total. The Kier molecular flexibility index (Phi) is 5.83. The average Bonchev–Trinajstić information content (AvgIpc) is 2.64. The standard InChI is InChI=1S/C18H32N2O/c1-9-10-20(18(6,7)8)13-16-11-15(14(2)21-16)12-19-17(3,4)5/h9,11,19H,1,10,12-13H2,2-8H3. The largest absolute Gasteiger partial charge is 0.465 e. The molecule has 0 unspecified atom stereocenters. The number of nitrogens with zero attached hydrogens (tertiary/aromatic N) is 1. The van der Waals surface area contributed by atoms with Gasteiger partial charge in [0, 0.05) is 29.7 Å². The lowest BCUT2D eigenvalue weighted by Crippen LogP contribution is -2.40. The van der Waals surface area contributed by atoms with Crippen molar-refractivity contribution in [3.8, 4) is 0 Å². The minimum Gasteiger partial charge on any atom is -0.465 e. The summed E-state index contributed by atoms with van der Waals surface area (Å²) in [5, 5.41) is 3.51. The number of hydrogen-bond acceptors (Lipinski definition) is 3. The van der Waals surface area contributed by atoms with Crippen LogP contribution in [0, 0.1) is 6.92 Å². The number of furan rings is 1. The van der Waals surface area contributed by atoms with E-state index in [1.165, 1.54) is 5.56 Å². The van der Waals surface area contributed by atoms with Crippen molar-refractivity contribution in [3.05, 3.63) is 35.8 Å². The maximum absolute atomic E-state index is 5.94. The molecule has 3 heteroatoms. The second kappa shape index (κ2) is 6.80. The van der Waals surface area contributed by atoms with E-state index in [2.05, 4.69) is 64.4 Å². The van der Waals surface area contributed by atoms with Gasteiger partial charge in [-0.3, -0.25) is 4.90 Å². The molecular formula is C18H32N2O. The van der Waals surface area contributed by atoms with E-state index >= 15 is 0 Å². The predicted molar refractivity (Wildman–Crippen MR) is 90.4 cm³/mol. The zero-order valence-corrected chi connectivity index (χ0v) is 14.8. The van der Waals surface area contributed by atoms with Crippen molar-refractivity contribution in [1.82, 2.24) is 10.2 Å². The maximum atomic E-state index is 5.94. The van der Waals surface area contributed by atoms with E-state index in [0.717, 1.165) is 31.2 Å². The zero-order chi connectivity index (χ0) is 16.3. The third kappa shape index (κ3) is 6.06. The molecule has 0 fully saturated rings. The van der Waals surface area contributed by atoms with E-state index in [9.17, 15) is 0 Å². The number of rotatable bonds is 6. The highest BCUT2D eigenvalue weighted by molar-refractivity contribution is 5.21. The Morgan fingerprint density at radius 1 is 1.24 bits per heavy atom. The van der Waals surface area contributed by atoms with Gasteiger partial charge in [0.2, 0.25) is 0 Å². The fraction of sp³-hybridized carbons (Fsp3) is 0.667. The summed E-state index contributed by atoms with van der Waals surface area (Å²) in [6.45, 7) is 21.6. The van der Waals surface area contributed by atoms with Crippen LogP contribution in [-0.2, 0) is 13.1 Å². The smallest absolute Gasteiger partial charge is 0.118 e. The van der Waals surface area contributed by atoms with Gasteiger partial charge in [-0.2, -0.15) is 0 Å². The van der Waals surface area contributed by atoms with Gasteiger partial charge in [-0.25, -0.2) is 0 Å². The van der Waals surface area contributed by atoms with Crippen LogP contribution in [0.25, 0.3) is 0 Å². The van der Waals surface area contributed by atoms with Crippen molar-refractivity contribution >= 4 is 0 Å². The molecule has 0 saturated carbocycles. The molecule has 0 atom stereocenters. The van der Waals surface area contributed by atoms with Crippen LogP contribution in [0.2, 0.25) is 0 Å². The Hall–Kier alpha value is -1.06. The average molecular weight is 292 g/mol. The number of aryl methyl sites for hydroxylation is 1. The van der Waals surface area contributed by atoms with Crippen LogP contribution in [-0.4, -0.2) is 22.5 Å². The van der Waals surface area contributed by atoms with Gasteiger partial charge in [0.05, 0.1) is 6.54 Å². The fourth-order valence-electron chi connectivity index (χ4n) is 2.12. The van der Waals surface area contributed by atoms with Gasteiger partial charge < -0.3 is 9.73 Å². The van der Waals surface area contributed by atoms with E-state index in [-0.39, 0.29) is 11.1 Å². The molecular weight excluding hydrogens is 260 g/mol.